The van der Waals surface area contributed by atoms with Gasteiger partial charge in [-0.15, -0.1) is 11.3 Å². The first-order chi connectivity index (χ1) is 11.5. The molecule has 1 aromatic carbocycles. The number of thiazole rings is 1. The first-order valence-electron chi connectivity index (χ1n) is 6.85. The molecule has 0 N–H and O–H groups in total. The number of aldehydes is 1. The molecule has 0 saturated heterocycles. The fourth-order valence-corrected chi connectivity index (χ4v) is 3.49. The minimum Gasteiger partial charge on any atom is -0.496 e. The van der Waals surface area contributed by atoms with Gasteiger partial charge in [-0.2, -0.15) is 0 Å². The number of fused-ring (bicyclic) bond motifs is 1. The molecule has 3 aromatic rings. The SMILES string of the molecule is COc1ccc(OC)c([N+](=O)[O-])c1-c1nc2scc(C)n2c1C=O. The van der Waals surface area contributed by atoms with E-state index in [-0.39, 0.29) is 34.1 Å². The third kappa shape index (κ3) is 2.21. The zero-order valence-corrected chi connectivity index (χ0v) is 13.9. The number of carbonyl (C=O) groups is 1. The van der Waals surface area contributed by atoms with Crippen LogP contribution >= 0.6 is 11.3 Å². The van der Waals surface area contributed by atoms with Gasteiger partial charge in [0.15, 0.2) is 17.0 Å². The minimum atomic E-state index is -0.564. The van der Waals surface area contributed by atoms with Gasteiger partial charge in [0.1, 0.15) is 22.7 Å². The lowest BCUT2D eigenvalue weighted by Gasteiger charge is -2.10. The fraction of sp³-hybridized carbons (Fsp3) is 0.200. The summed E-state index contributed by atoms with van der Waals surface area (Å²) in [6, 6.07) is 3.00. The first kappa shape index (κ1) is 15.9. The van der Waals surface area contributed by atoms with Crippen molar-refractivity contribution in [1.82, 2.24) is 9.38 Å². The number of ether oxygens (including phenoxy) is 2. The summed E-state index contributed by atoms with van der Waals surface area (Å²) in [7, 11) is 2.74. The number of hydrogen-bond donors (Lipinski definition) is 0. The molecule has 24 heavy (non-hydrogen) atoms. The molecule has 0 fully saturated rings. The van der Waals surface area contributed by atoms with E-state index in [2.05, 4.69) is 4.98 Å². The third-order valence-corrected chi connectivity index (χ3v) is 4.59. The van der Waals surface area contributed by atoms with Gasteiger partial charge in [0, 0.05) is 11.1 Å². The second-order valence-electron chi connectivity index (χ2n) is 4.91. The maximum atomic E-state index is 11.7. The molecular weight excluding hydrogens is 334 g/mol. The Morgan fingerprint density at radius 3 is 2.54 bits per heavy atom. The fourth-order valence-electron chi connectivity index (χ4n) is 2.61. The van der Waals surface area contributed by atoms with Gasteiger partial charge >= 0.3 is 5.69 Å². The summed E-state index contributed by atoms with van der Waals surface area (Å²) in [6.45, 7) is 1.83. The van der Waals surface area contributed by atoms with Crippen molar-refractivity contribution in [3.05, 3.63) is 39.0 Å². The molecule has 0 aliphatic heterocycles. The second kappa shape index (κ2) is 5.93. The molecular formula is C15H13N3O5S. The Labute approximate surface area is 140 Å². The molecule has 0 atom stereocenters. The molecule has 9 heteroatoms. The summed E-state index contributed by atoms with van der Waals surface area (Å²) in [5.41, 5.74) is 1.09. The van der Waals surface area contributed by atoms with Crippen LogP contribution in [0.2, 0.25) is 0 Å². The number of imidazole rings is 1. The lowest BCUT2D eigenvalue weighted by atomic mass is 10.1. The van der Waals surface area contributed by atoms with Crippen molar-refractivity contribution < 1.29 is 19.2 Å². The molecule has 0 aliphatic rings. The summed E-state index contributed by atoms with van der Waals surface area (Å²) in [4.78, 5) is 27.7. The van der Waals surface area contributed by atoms with Crippen molar-refractivity contribution in [2.75, 3.05) is 14.2 Å². The Bertz CT molecular complexity index is 960. The van der Waals surface area contributed by atoms with Crippen LogP contribution in [0.4, 0.5) is 5.69 Å². The van der Waals surface area contributed by atoms with Crippen molar-refractivity contribution >= 4 is 28.3 Å². The smallest absolute Gasteiger partial charge is 0.324 e. The van der Waals surface area contributed by atoms with E-state index in [9.17, 15) is 14.9 Å². The Morgan fingerprint density at radius 1 is 1.29 bits per heavy atom. The summed E-state index contributed by atoms with van der Waals surface area (Å²) in [5, 5.41) is 13.5. The highest BCUT2D eigenvalue weighted by molar-refractivity contribution is 7.15. The zero-order valence-electron chi connectivity index (χ0n) is 13.1. The number of aryl methyl sites for hydroxylation is 1. The van der Waals surface area contributed by atoms with Gasteiger partial charge in [-0.3, -0.25) is 19.3 Å². The van der Waals surface area contributed by atoms with Crippen LogP contribution in [-0.2, 0) is 0 Å². The van der Waals surface area contributed by atoms with Crippen LogP contribution in [0.3, 0.4) is 0 Å². The number of methoxy groups -OCH3 is 2. The van der Waals surface area contributed by atoms with E-state index in [0.29, 0.717) is 11.2 Å². The molecule has 0 unspecified atom stereocenters. The van der Waals surface area contributed by atoms with Gasteiger partial charge in [-0.05, 0) is 19.1 Å². The molecule has 2 aromatic heterocycles. The van der Waals surface area contributed by atoms with Gasteiger partial charge in [-0.25, -0.2) is 4.98 Å². The Balaban J connectivity index is 2.45. The number of nitro benzene ring substituents is 1. The molecule has 0 aliphatic carbocycles. The van der Waals surface area contributed by atoms with Crippen molar-refractivity contribution in [3.63, 3.8) is 0 Å². The van der Waals surface area contributed by atoms with E-state index in [1.165, 1.54) is 31.6 Å². The standard InChI is InChI=1S/C15H13N3O5S/c1-8-7-24-15-16-13(9(6-19)17(8)15)12-10(22-2)4-5-11(23-3)14(12)18(20)21/h4-7H,1-3H3. The molecule has 2 heterocycles. The molecule has 0 amide bonds. The van der Waals surface area contributed by atoms with Gasteiger partial charge in [0.2, 0.25) is 0 Å². The molecule has 124 valence electrons. The predicted molar refractivity (Wildman–Crippen MR) is 88.4 cm³/mol. The van der Waals surface area contributed by atoms with Gasteiger partial charge < -0.3 is 9.47 Å². The van der Waals surface area contributed by atoms with Gasteiger partial charge in [-0.1, -0.05) is 0 Å². The van der Waals surface area contributed by atoms with Crippen LogP contribution in [-0.4, -0.2) is 34.8 Å². The lowest BCUT2D eigenvalue weighted by molar-refractivity contribution is -0.385. The maximum absolute atomic E-state index is 11.7. The molecule has 0 saturated carbocycles. The number of benzene rings is 1. The van der Waals surface area contributed by atoms with Crippen LogP contribution < -0.4 is 9.47 Å². The van der Waals surface area contributed by atoms with Gasteiger partial charge in [0.25, 0.3) is 0 Å². The molecule has 0 bridgehead atoms. The number of nitrogens with zero attached hydrogens (tertiary/aromatic N) is 3. The van der Waals surface area contributed by atoms with E-state index < -0.39 is 4.92 Å². The normalized spacial score (nSPS) is 10.8. The summed E-state index contributed by atoms with van der Waals surface area (Å²) in [6.07, 6.45) is 0.637. The van der Waals surface area contributed by atoms with E-state index >= 15 is 0 Å². The lowest BCUT2D eigenvalue weighted by Crippen LogP contribution is -2.01. The molecule has 0 radical (unpaired) electrons. The quantitative estimate of drug-likeness (QED) is 0.400. The van der Waals surface area contributed by atoms with Crippen LogP contribution in [0.5, 0.6) is 11.5 Å². The zero-order chi connectivity index (χ0) is 17.4. The predicted octanol–water partition coefficient (Wildman–Crippen LogP) is 3.11. The van der Waals surface area contributed by atoms with Crippen molar-refractivity contribution in [2.24, 2.45) is 0 Å². The number of nitro groups is 1. The second-order valence-corrected chi connectivity index (χ2v) is 5.75. The topological polar surface area (TPSA) is 96.0 Å². The van der Waals surface area contributed by atoms with Crippen LogP contribution in [0.25, 0.3) is 16.2 Å². The Hall–Kier alpha value is -2.94. The Morgan fingerprint density at radius 2 is 1.96 bits per heavy atom. The third-order valence-electron chi connectivity index (χ3n) is 3.64. The summed E-state index contributed by atoms with van der Waals surface area (Å²) < 4.78 is 12.0. The summed E-state index contributed by atoms with van der Waals surface area (Å²) in [5.74, 6) is 0.315. The van der Waals surface area contributed by atoms with E-state index in [0.717, 1.165) is 5.69 Å². The number of rotatable bonds is 5. The number of hydrogen-bond acceptors (Lipinski definition) is 7. The van der Waals surface area contributed by atoms with Crippen LogP contribution in [0, 0.1) is 17.0 Å². The van der Waals surface area contributed by atoms with Crippen LogP contribution in [0.1, 0.15) is 16.2 Å². The highest BCUT2D eigenvalue weighted by atomic mass is 32.1. The molecule has 8 nitrogen and oxygen atoms in total. The highest BCUT2D eigenvalue weighted by Crippen LogP contribution is 2.45. The highest BCUT2D eigenvalue weighted by Gasteiger charge is 2.31. The van der Waals surface area contributed by atoms with E-state index in [1.807, 2.05) is 12.3 Å². The van der Waals surface area contributed by atoms with E-state index in [4.69, 9.17) is 9.47 Å². The largest absolute Gasteiger partial charge is 0.496 e. The van der Waals surface area contributed by atoms with Gasteiger partial charge in [0.05, 0.1) is 19.1 Å². The number of aromatic nitrogens is 2. The molecule has 0 spiro atoms. The molecule has 3 rings (SSSR count). The van der Waals surface area contributed by atoms with Crippen molar-refractivity contribution in [1.29, 1.82) is 0 Å². The monoisotopic (exact) mass is 347 g/mol. The minimum absolute atomic E-state index is 0.0701. The van der Waals surface area contributed by atoms with Crippen LogP contribution in [0.15, 0.2) is 17.5 Å². The van der Waals surface area contributed by atoms with E-state index in [1.54, 1.807) is 10.5 Å². The first-order valence-corrected chi connectivity index (χ1v) is 7.72. The maximum Gasteiger partial charge on any atom is 0.324 e. The summed E-state index contributed by atoms with van der Waals surface area (Å²) >= 11 is 1.35. The number of carbonyl (C=O) groups excluding carboxylic acids is 1. The van der Waals surface area contributed by atoms with Crippen molar-refractivity contribution in [3.8, 4) is 22.8 Å². The Kier molecular flexibility index (Phi) is 3.94. The average molecular weight is 347 g/mol. The average Bonchev–Trinajstić information content (AvgIpc) is 3.12. The van der Waals surface area contributed by atoms with Crippen molar-refractivity contribution in [2.45, 2.75) is 6.92 Å².